The number of nitrogens with one attached hydrogen (secondary N) is 2. The number of benzene rings is 1. The molecule has 0 amide bonds. The average Bonchev–Trinajstić information content (AvgIpc) is 3.37. The van der Waals surface area contributed by atoms with E-state index in [1.165, 1.54) is 0 Å². The first-order chi connectivity index (χ1) is 13.7. The fourth-order valence-electron chi connectivity index (χ4n) is 3.45. The van der Waals surface area contributed by atoms with Crippen LogP contribution < -0.4 is 4.74 Å². The van der Waals surface area contributed by atoms with E-state index in [-0.39, 0.29) is 0 Å². The lowest BCUT2D eigenvalue weighted by Crippen LogP contribution is -2.09. The van der Waals surface area contributed by atoms with Crippen LogP contribution in [-0.4, -0.2) is 43.4 Å². The van der Waals surface area contributed by atoms with Crippen molar-refractivity contribution in [3.05, 3.63) is 47.0 Å². The molecule has 8 heteroatoms. The van der Waals surface area contributed by atoms with E-state index in [0.29, 0.717) is 25.7 Å². The Kier molecular flexibility index (Phi) is 3.98. The number of nitrogens with zero attached hydrogens (tertiary/aromatic N) is 4. The van der Waals surface area contributed by atoms with E-state index < -0.39 is 0 Å². The Bertz CT molecular complexity index is 1180. The summed E-state index contributed by atoms with van der Waals surface area (Å²) in [6, 6.07) is 6.22. The second-order valence-electron chi connectivity index (χ2n) is 6.80. The highest BCUT2D eigenvalue weighted by atomic mass is 16.5. The molecule has 2 bridgehead atoms. The zero-order valence-corrected chi connectivity index (χ0v) is 15.7. The van der Waals surface area contributed by atoms with Gasteiger partial charge in [-0.15, -0.1) is 5.10 Å². The second kappa shape index (κ2) is 6.65. The van der Waals surface area contributed by atoms with Crippen LogP contribution in [-0.2, 0) is 18.4 Å². The molecule has 1 aromatic carbocycles. The van der Waals surface area contributed by atoms with Gasteiger partial charge in [0.15, 0.2) is 0 Å². The summed E-state index contributed by atoms with van der Waals surface area (Å²) in [5.41, 5.74) is 6.86. The number of fused-ring (bicyclic) bond motifs is 4. The number of aryl methyl sites for hydroxylation is 2. The molecule has 0 radical (unpaired) electrons. The van der Waals surface area contributed by atoms with Crippen molar-refractivity contribution in [2.75, 3.05) is 13.2 Å². The zero-order valence-electron chi connectivity index (χ0n) is 15.7. The first-order valence-corrected chi connectivity index (χ1v) is 9.13. The molecule has 8 nitrogen and oxygen atoms in total. The van der Waals surface area contributed by atoms with Gasteiger partial charge in [-0.2, -0.15) is 10.2 Å². The van der Waals surface area contributed by atoms with Crippen LogP contribution in [0, 0.1) is 6.92 Å². The molecule has 4 heterocycles. The van der Waals surface area contributed by atoms with Crippen molar-refractivity contribution in [2.24, 2.45) is 7.05 Å². The maximum atomic E-state index is 5.85. The highest BCUT2D eigenvalue weighted by Crippen LogP contribution is 2.30. The van der Waals surface area contributed by atoms with Gasteiger partial charge in [-0.05, 0) is 36.8 Å². The summed E-state index contributed by atoms with van der Waals surface area (Å²) in [7, 11) is 1.93. The molecule has 0 saturated carbocycles. The summed E-state index contributed by atoms with van der Waals surface area (Å²) in [5, 5.41) is 20.2. The van der Waals surface area contributed by atoms with Crippen molar-refractivity contribution in [2.45, 2.75) is 13.5 Å². The highest BCUT2D eigenvalue weighted by molar-refractivity contribution is 5.93. The molecule has 2 N–H and O–H groups in total. The van der Waals surface area contributed by atoms with Crippen molar-refractivity contribution < 1.29 is 9.47 Å². The summed E-state index contributed by atoms with van der Waals surface area (Å²) in [6.45, 7) is 3.30. The zero-order chi connectivity index (χ0) is 19.1. The molecular weight excluding hydrogens is 356 g/mol. The maximum absolute atomic E-state index is 5.85. The van der Waals surface area contributed by atoms with Crippen LogP contribution in [0.15, 0.2) is 24.4 Å². The number of H-pyrrole nitrogens is 2. The molecule has 0 aliphatic carbocycles. The van der Waals surface area contributed by atoms with E-state index >= 15 is 0 Å². The molecule has 1 aliphatic rings. The molecule has 0 atom stereocenters. The van der Waals surface area contributed by atoms with Gasteiger partial charge < -0.3 is 9.47 Å². The third-order valence-corrected chi connectivity index (χ3v) is 5.04. The number of hydrogen-bond donors (Lipinski definition) is 2. The van der Waals surface area contributed by atoms with Crippen molar-refractivity contribution in [3.63, 3.8) is 0 Å². The normalized spacial score (nSPS) is 15.5. The molecule has 1 aliphatic heterocycles. The number of aromatic nitrogens is 6. The molecule has 4 aromatic rings. The van der Waals surface area contributed by atoms with Crippen molar-refractivity contribution in [1.29, 1.82) is 0 Å². The molecule has 28 heavy (non-hydrogen) atoms. The van der Waals surface area contributed by atoms with Gasteiger partial charge in [-0.3, -0.25) is 14.9 Å². The summed E-state index contributed by atoms with van der Waals surface area (Å²) >= 11 is 0. The van der Waals surface area contributed by atoms with E-state index in [1.807, 2.05) is 43.1 Å². The first kappa shape index (κ1) is 16.8. The Morgan fingerprint density at radius 3 is 2.96 bits per heavy atom. The Balaban J connectivity index is 1.66. The molecule has 5 rings (SSSR count). The summed E-state index contributed by atoms with van der Waals surface area (Å²) < 4.78 is 13.5. The van der Waals surface area contributed by atoms with Crippen LogP contribution >= 0.6 is 0 Å². The molecule has 0 spiro atoms. The molecule has 142 valence electrons. The monoisotopic (exact) mass is 376 g/mol. The van der Waals surface area contributed by atoms with Crippen LogP contribution in [0.3, 0.4) is 0 Å². The van der Waals surface area contributed by atoms with Crippen LogP contribution in [0.25, 0.3) is 34.2 Å². The first-order valence-electron chi connectivity index (χ1n) is 9.13. The fourth-order valence-corrected chi connectivity index (χ4v) is 3.45. The molecular formula is C20H20N6O2. The second-order valence-corrected chi connectivity index (χ2v) is 6.80. The lowest BCUT2D eigenvalue weighted by molar-refractivity contribution is 0.0839. The standard InChI is InChI=1S/C20H20N6O2/c1-12-14-4-6-18-15-9-13(3-5-17(15)23-24-18)16-10-21-26(2)19(16)11-27-7-8-28-20(14)25-22-12/h3-6,9-10H,7-8,11H2,1-2H3,(H,22,25)(H,23,24)/b6-4+. The van der Waals surface area contributed by atoms with Gasteiger partial charge in [-0.1, -0.05) is 6.07 Å². The highest BCUT2D eigenvalue weighted by Gasteiger charge is 2.15. The maximum Gasteiger partial charge on any atom is 0.240 e. The van der Waals surface area contributed by atoms with E-state index in [9.17, 15) is 0 Å². The van der Waals surface area contributed by atoms with E-state index in [4.69, 9.17) is 9.47 Å². The van der Waals surface area contributed by atoms with Crippen LogP contribution in [0.1, 0.15) is 22.6 Å². The summed E-state index contributed by atoms with van der Waals surface area (Å²) in [6.07, 6.45) is 5.87. The van der Waals surface area contributed by atoms with Gasteiger partial charge >= 0.3 is 0 Å². The molecule has 0 saturated heterocycles. The van der Waals surface area contributed by atoms with E-state index in [1.54, 1.807) is 0 Å². The van der Waals surface area contributed by atoms with Gasteiger partial charge in [0.05, 0.1) is 41.9 Å². The van der Waals surface area contributed by atoms with Crippen LogP contribution in [0.5, 0.6) is 5.88 Å². The van der Waals surface area contributed by atoms with Gasteiger partial charge in [0.1, 0.15) is 6.61 Å². The average molecular weight is 376 g/mol. The topological polar surface area (TPSA) is 93.6 Å². The Hall–Kier alpha value is -3.39. The fraction of sp³-hybridized carbons (Fsp3) is 0.250. The number of rotatable bonds is 0. The van der Waals surface area contributed by atoms with Gasteiger partial charge in [0.25, 0.3) is 0 Å². The largest absolute Gasteiger partial charge is 0.474 e. The van der Waals surface area contributed by atoms with Crippen molar-refractivity contribution in [3.8, 4) is 17.0 Å². The smallest absolute Gasteiger partial charge is 0.240 e. The van der Waals surface area contributed by atoms with Gasteiger partial charge in [0, 0.05) is 23.7 Å². The minimum Gasteiger partial charge on any atom is -0.474 e. The third kappa shape index (κ3) is 2.78. The number of aromatic amines is 2. The van der Waals surface area contributed by atoms with Crippen LogP contribution in [0.4, 0.5) is 0 Å². The lowest BCUT2D eigenvalue weighted by atomic mass is 10.0. The lowest BCUT2D eigenvalue weighted by Gasteiger charge is -2.09. The SMILES string of the molecule is Cc1[nH]nc2c1/C=C/c1[nH]nc3ccc(cc13)-c1cnn(C)c1COCCO2. The van der Waals surface area contributed by atoms with E-state index in [0.717, 1.165) is 44.7 Å². The minimum absolute atomic E-state index is 0.417. The van der Waals surface area contributed by atoms with Crippen molar-refractivity contribution >= 4 is 23.1 Å². The number of hydrogen-bond acceptors (Lipinski definition) is 5. The molecule has 3 aromatic heterocycles. The Morgan fingerprint density at radius 1 is 1.11 bits per heavy atom. The van der Waals surface area contributed by atoms with Crippen LogP contribution in [0.2, 0.25) is 0 Å². The summed E-state index contributed by atoms with van der Waals surface area (Å²) in [4.78, 5) is 0. The Labute approximate surface area is 161 Å². The third-order valence-electron chi connectivity index (χ3n) is 5.04. The summed E-state index contributed by atoms with van der Waals surface area (Å²) in [5.74, 6) is 0.568. The molecule has 0 fully saturated rings. The predicted octanol–water partition coefficient (Wildman–Crippen LogP) is 3.07. The number of ether oxygens (including phenoxy) is 2. The van der Waals surface area contributed by atoms with E-state index in [2.05, 4.69) is 37.6 Å². The van der Waals surface area contributed by atoms with Gasteiger partial charge in [-0.25, -0.2) is 0 Å². The predicted molar refractivity (Wildman–Crippen MR) is 106 cm³/mol. The van der Waals surface area contributed by atoms with Crippen molar-refractivity contribution in [1.82, 2.24) is 30.2 Å². The quantitative estimate of drug-likeness (QED) is 0.492. The molecule has 0 unspecified atom stereocenters. The Morgan fingerprint density at radius 2 is 2.04 bits per heavy atom. The minimum atomic E-state index is 0.417. The van der Waals surface area contributed by atoms with Gasteiger partial charge in [0.2, 0.25) is 5.88 Å².